The highest BCUT2D eigenvalue weighted by molar-refractivity contribution is 5.66. The summed E-state index contributed by atoms with van der Waals surface area (Å²) in [4.78, 5) is 10.4. The molecule has 0 atom stereocenters. The van der Waals surface area contributed by atoms with Gasteiger partial charge in [0, 0.05) is 13.1 Å². The SMILES string of the molecule is Cc1ccc(C(C)(C)C)cc1CNCCC(=O)O. The Bertz CT molecular complexity index is 419. The fourth-order valence-corrected chi connectivity index (χ4v) is 1.75. The molecule has 1 rings (SSSR count). The van der Waals surface area contributed by atoms with Gasteiger partial charge in [-0.3, -0.25) is 4.79 Å². The number of nitrogens with one attached hydrogen (secondary N) is 1. The van der Waals surface area contributed by atoms with Gasteiger partial charge in [0.25, 0.3) is 0 Å². The second kappa shape index (κ2) is 6.01. The molecule has 0 radical (unpaired) electrons. The number of benzene rings is 1. The number of carbonyl (C=O) groups is 1. The molecule has 0 spiro atoms. The molecule has 0 bridgehead atoms. The zero-order valence-corrected chi connectivity index (χ0v) is 11.7. The van der Waals surface area contributed by atoms with Crippen molar-refractivity contribution in [2.75, 3.05) is 6.54 Å². The van der Waals surface area contributed by atoms with Crippen LogP contribution in [0.4, 0.5) is 0 Å². The maximum Gasteiger partial charge on any atom is 0.304 e. The van der Waals surface area contributed by atoms with E-state index in [9.17, 15) is 4.79 Å². The summed E-state index contributed by atoms with van der Waals surface area (Å²) in [6.07, 6.45) is 0.165. The standard InChI is InChI=1S/C15H23NO2/c1-11-5-6-13(15(2,3)4)9-12(11)10-16-8-7-14(17)18/h5-6,9,16H,7-8,10H2,1-4H3,(H,17,18). The lowest BCUT2D eigenvalue weighted by Gasteiger charge is -2.21. The van der Waals surface area contributed by atoms with Crippen LogP contribution >= 0.6 is 0 Å². The van der Waals surface area contributed by atoms with E-state index in [1.807, 2.05) is 0 Å². The quantitative estimate of drug-likeness (QED) is 0.789. The van der Waals surface area contributed by atoms with E-state index < -0.39 is 5.97 Å². The Hall–Kier alpha value is -1.35. The van der Waals surface area contributed by atoms with Crippen LogP contribution in [-0.4, -0.2) is 17.6 Å². The Morgan fingerprint density at radius 2 is 2.00 bits per heavy atom. The van der Waals surface area contributed by atoms with E-state index in [-0.39, 0.29) is 11.8 Å². The first-order valence-corrected chi connectivity index (χ1v) is 6.33. The first-order valence-electron chi connectivity index (χ1n) is 6.33. The molecule has 1 aromatic rings. The number of aliphatic carboxylic acids is 1. The molecule has 0 aliphatic rings. The van der Waals surface area contributed by atoms with Crippen molar-refractivity contribution < 1.29 is 9.90 Å². The third kappa shape index (κ3) is 4.49. The van der Waals surface area contributed by atoms with Crippen molar-refractivity contribution in [3.05, 3.63) is 34.9 Å². The molecule has 3 nitrogen and oxygen atoms in total. The van der Waals surface area contributed by atoms with Crippen molar-refractivity contribution in [2.24, 2.45) is 0 Å². The summed E-state index contributed by atoms with van der Waals surface area (Å²) < 4.78 is 0. The van der Waals surface area contributed by atoms with E-state index >= 15 is 0 Å². The van der Waals surface area contributed by atoms with E-state index in [0.717, 1.165) is 6.54 Å². The lowest BCUT2D eigenvalue weighted by Crippen LogP contribution is -2.19. The summed E-state index contributed by atoms with van der Waals surface area (Å²) in [5, 5.41) is 11.7. The van der Waals surface area contributed by atoms with Crippen LogP contribution in [-0.2, 0) is 16.8 Å². The molecular weight excluding hydrogens is 226 g/mol. The fourth-order valence-electron chi connectivity index (χ4n) is 1.75. The van der Waals surface area contributed by atoms with Crippen molar-refractivity contribution in [3.8, 4) is 0 Å². The number of aryl methyl sites for hydroxylation is 1. The largest absolute Gasteiger partial charge is 0.481 e. The van der Waals surface area contributed by atoms with Gasteiger partial charge in [-0.25, -0.2) is 0 Å². The van der Waals surface area contributed by atoms with Crippen LogP contribution in [0.2, 0.25) is 0 Å². The molecular formula is C15H23NO2. The maximum atomic E-state index is 10.4. The van der Waals surface area contributed by atoms with Crippen LogP contribution in [0.1, 0.15) is 43.9 Å². The third-order valence-electron chi connectivity index (χ3n) is 3.05. The Morgan fingerprint density at radius 1 is 1.33 bits per heavy atom. The van der Waals surface area contributed by atoms with Crippen LogP contribution in [0.3, 0.4) is 0 Å². The van der Waals surface area contributed by atoms with Gasteiger partial charge in [-0.05, 0) is 29.0 Å². The Labute approximate surface area is 109 Å². The summed E-state index contributed by atoms with van der Waals surface area (Å²) >= 11 is 0. The molecule has 0 saturated heterocycles. The monoisotopic (exact) mass is 249 g/mol. The summed E-state index contributed by atoms with van der Waals surface area (Å²) in [6.45, 7) is 9.90. The number of hydrogen-bond acceptors (Lipinski definition) is 2. The predicted octanol–water partition coefficient (Wildman–Crippen LogP) is 2.86. The second-order valence-electron chi connectivity index (χ2n) is 5.71. The highest BCUT2D eigenvalue weighted by atomic mass is 16.4. The van der Waals surface area contributed by atoms with Gasteiger partial charge in [0.15, 0.2) is 0 Å². The van der Waals surface area contributed by atoms with E-state index in [1.165, 1.54) is 16.7 Å². The number of hydrogen-bond donors (Lipinski definition) is 2. The molecule has 0 saturated carbocycles. The van der Waals surface area contributed by atoms with Crippen molar-refractivity contribution >= 4 is 5.97 Å². The minimum atomic E-state index is -0.761. The van der Waals surface area contributed by atoms with E-state index in [4.69, 9.17) is 5.11 Å². The summed E-state index contributed by atoms with van der Waals surface area (Å²) in [6, 6.07) is 6.51. The van der Waals surface area contributed by atoms with Crippen LogP contribution < -0.4 is 5.32 Å². The van der Waals surface area contributed by atoms with Crippen LogP contribution in [0.25, 0.3) is 0 Å². The summed E-state index contributed by atoms with van der Waals surface area (Å²) in [5.74, 6) is -0.761. The van der Waals surface area contributed by atoms with Gasteiger partial charge >= 0.3 is 5.97 Å². The molecule has 0 amide bonds. The Morgan fingerprint density at radius 3 is 2.56 bits per heavy atom. The van der Waals surface area contributed by atoms with E-state index in [2.05, 4.69) is 51.2 Å². The summed E-state index contributed by atoms with van der Waals surface area (Å²) in [7, 11) is 0. The van der Waals surface area contributed by atoms with Crippen LogP contribution in [0, 0.1) is 6.92 Å². The fraction of sp³-hybridized carbons (Fsp3) is 0.533. The molecule has 2 N–H and O–H groups in total. The minimum absolute atomic E-state index is 0.142. The zero-order valence-electron chi connectivity index (χ0n) is 11.7. The van der Waals surface area contributed by atoms with Gasteiger partial charge in [0.05, 0.1) is 6.42 Å². The second-order valence-corrected chi connectivity index (χ2v) is 5.71. The van der Waals surface area contributed by atoms with E-state index in [0.29, 0.717) is 6.54 Å². The Balaban J connectivity index is 2.67. The van der Waals surface area contributed by atoms with Crippen molar-refractivity contribution in [1.29, 1.82) is 0 Å². The van der Waals surface area contributed by atoms with Gasteiger partial charge in [0.2, 0.25) is 0 Å². The van der Waals surface area contributed by atoms with E-state index in [1.54, 1.807) is 0 Å². The lowest BCUT2D eigenvalue weighted by atomic mass is 9.85. The molecule has 0 aliphatic heterocycles. The number of carboxylic acid groups (broad SMARTS) is 1. The van der Waals surface area contributed by atoms with Crippen molar-refractivity contribution in [2.45, 2.75) is 46.1 Å². The first kappa shape index (κ1) is 14.7. The molecule has 1 aromatic carbocycles. The smallest absolute Gasteiger partial charge is 0.304 e. The third-order valence-corrected chi connectivity index (χ3v) is 3.05. The molecule has 0 unspecified atom stereocenters. The van der Waals surface area contributed by atoms with Gasteiger partial charge in [-0.15, -0.1) is 0 Å². The van der Waals surface area contributed by atoms with Gasteiger partial charge in [-0.1, -0.05) is 39.0 Å². The average Bonchev–Trinajstić information content (AvgIpc) is 2.24. The van der Waals surface area contributed by atoms with Gasteiger partial charge in [0.1, 0.15) is 0 Å². The summed E-state index contributed by atoms with van der Waals surface area (Å²) in [5.41, 5.74) is 3.94. The average molecular weight is 249 g/mol. The molecule has 100 valence electrons. The molecule has 3 heteroatoms. The van der Waals surface area contributed by atoms with Gasteiger partial charge < -0.3 is 10.4 Å². The lowest BCUT2D eigenvalue weighted by molar-refractivity contribution is -0.136. The highest BCUT2D eigenvalue weighted by Gasteiger charge is 2.14. The topological polar surface area (TPSA) is 49.3 Å². The molecule has 0 aliphatic carbocycles. The highest BCUT2D eigenvalue weighted by Crippen LogP contribution is 2.24. The zero-order chi connectivity index (χ0) is 13.8. The van der Waals surface area contributed by atoms with Crippen LogP contribution in [0.15, 0.2) is 18.2 Å². The molecule has 0 aromatic heterocycles. The number of carboxylic acids is 1. The maximum absolute atomic E-state index is 10.4. The number of rotatable bonds is 5. The first-order chi connectivity index (χ1) is 8.30. The molecule has 0 fully saturated rings. The predicted molar refractivity (Wildman–Crippen MR) is 73.8 cm³/mol. The van der Waals surface area contributed by atoms with Gasteiger partial charge in [-0.2, -0.15) is 0 Å². The minimum Gasteiger partial charge on any atom is -0.481 e. The Kier molecular flexibility index (Phi) is 4.91. The molecule has 18 heavy (non-hydrogen) atoms. The normalized spacial score (nSPS) is 11.6. The molecule has 0 heterocycles. The van der Waals surface area contributed by atoms with Crippen molar-refractivity contribution in [1.82, 2.24) is 5.32 Å². The van der Waals surface area contributed by atoms with Crippen molar-refractivity contribution in [3.63, 3.8) is 0 Å². The van der Waals surface area contributed by atoms with Crippen LogP contribution in [0.5, 0.6) is 0 Å².